The van der Waals surface area contributed by atoms with E-state index in [4.69, 9.17) is 14.2 Å². The third kappa shape index (κ3) is 4.36. The summed E-state index contributed by atoms with van der Waals surface area (Å²) in [7, 11) is 0. The van der Waals surface area contributed by atoms with Crippen molar-refractivity contribution in [1.82, 2.24) is 10.1 Å². The van der Waals surface area contributed by atoms with Crippen LogP contribution in [0.2, 0.25) is 0 Å². The van der Waals surface area contributed by atoms with Crippen molar-refractivity contribution in [3.8, 4) is 22.5 Å². The first kappa shape index (κ1) is 24.1. The van der Waals surface area contributed by atoms with E-state index < -0.39 is 5.97 Å². The van der Waals surface area contributed by atoms with Gasteiger partial charge in [0.1, 0.15) is 16.3 Å². The van der Waals surface area contributed by atoms with Crippen molar-refractivity contribution in [3.63, 3.8) is 0 Å². The summed E-state index contributed by atoms with van der Waals surface area (Å²) in [6, 6.07) is 10.9. The molecule has 7 nitrogen and oxygen atoms in total. The molecule has 1 aliphatic carbocycles. The van der Waals surface area contributed by atoms with Crippen molar-refractivity contribution < 1.29 is 19.2 Å². The van der Waals surface area contributed by atoms with Crippen LogP contribution >= 0.6 is 22.7 Å². The highest BCUT2D eigenvalue weighted by molar-refractivity contribution is 7.14. The maximum absolute atomic E-state index is 11.3. The Morgan fingerprint density at radius 3 is 2.63 bits per heavy atom. The number of aryl methyl sites for hydroxylation is 1. The quantitative estimate of drug-likeness (QED) is 0.251. The van der Waals surface area contributed by atoms with Gasteiger partial charge in [0, 0.05) is 45.5 Å². The Hall–Kier alpha value is -3.01. The molecule has 1 aromatic carbocycles. The summed E-state index contributed by atoms with van der Waals surface area (Å²) >= 11 is 2.90. The number of carbonyl (C=O) groups is 1. The van der Waals surface area contributed by atoms with Crippen LogP contribution in [0.1, 0.15) is 71.0 Å². The zero-order valence-corrected chi connectivity index (χ0v) is 22.8. The van der Waals surface area contributed by atoms with Crippen molar-refractivity contribution in [3.05, 3.63) is 62.9 Å². The van der Waals surface area contributed by atoms with Gasteiger partial charge in [0.25, 0.3) is 0 Å². The Morgan fingerprint density at radius 2 is 1.92 bits per heavy atom. The Morgan fingerprint density at radius 1 is 1.13 bits per heavy atom. The van der Waals surface area contributed by atoms with E-state index in [1.54, 1.807) is 17.4 Å². The van der Waals surface area contributed by atoms with E-state index in [0.717, 1.165) is 77.5 Å². The second-order valence-corrected chi connectivity index (χ2v) is 12.4. The van der Waals surface area contributed by atoms with Crippen LogP contribution in [0.3, 0.4) is 0 Å². The number of nitrogens with zero attached hydrogens (tertiary/aromatic N) is 3. The number of hydrogen-bond acceptors (Lipinski definition) is 8. The van der Waals surface area contributed by atoms with E-state index in [9.17, 15) is 9.90 Å². The van der Waals surface area contributed by atoms with Crippen molar-refractivity contribution >= 4 is 33.8 Å². The number of rotatable bonds is 8. The lowest BCUT2D eigenvalue weighted by Crippen LogP contribution is -2.45. The molecular formula is C29H29N3O4S2. The molecule has 0 amide bonds. The number of thiazole rings is 1. The molecule has 3 fully saturated rings. The van der Waals surface area contributed by atoms with Gasteiger partial charge in [-0.2, -0.15) is 0 Å². The summed E-state index contributed by atoms with van der Waals surface area (Å²) in [4.78, 5) is 19.0. The number of piperidine rings is 1. The molecule has 0 unspecified atom stereocenters. The van der Waals surface area contributed by atoms with E-state index in [2.05, 4.69) is 41.2 Å². The van der Waals surface area contributed by atoms with Crippen LogP contribution in [0.4, 0.5) is 5.13 Å². The van der Waals surface area contributed by atoms with Crippen LogP contribution in [0.5, 0.6) is 0 Å². The fourth-order valence-corrected chi connectivity index (χ4v) is 7.77. The summed E-state index contributed by atoms with van der Waals surface area (Å²) in [5.74, 6) is 0.600. The SMILES string of the molecule is Cc1ccccc1-c1noc(C2CC2)c1CO[C@H]1C[C@H]2CC[C@@H](C1)N2c1nc(-c2csc(C(=O)O)c2)cs1. The van der Waals surface area contributed by atoms with Gasteiger partial charge in [-0.1, -0.05) is 29.4 Å². The Bertz CT molecular complexity index is 1470. The summed E-state index contributed by atoms with van der Waals surface area (Å²) in [5.41, 5.74) is 6.11. The third-order valence-corrected chi connectivity index (χ3v) is 9.91. The lowest BCUT2D eigenvalue weighted by molar-refractivity contribution is 0.0147. The molecule has 9 heteroatoms. The molecule has 3 aromatic heterocycles. The minimum Gasteiger partial charge on any atom is -0.477 e. The van der Waals surface area contributed by atoms with Crippen molar-refractivity contribution in [2.45, 2.75) is 76.2 Å². The van der Waals surface area contributed by atoms with E-state index in [1.807, 2.05) is 10.8 Å². The predicted octanol–water partition coefficient (Wildman–Crippen LogP) is 7.13. The highest BCUT2D eigenvalue weighted by Crippen LogP contribution is 2.46. The van der Waals surface area contributed by atoms with Gasteiger partial charge in [-0.15, -0.1) is 22.7 Å². The molecule has 3 atom stereocenters. The minimum absolute atomic E-state index is 0.199. The molecule has 196 valence electrons. The van der Waals surface area contributed by atoms with Crippen molar-refractivity contribution in [2.75, 3.05) is 4.90 Å². The largest absolute Gasteiger partial charge is 0.477 e. The smallest absolute Gasteiger partial charge is 0.345 e. The molecule has 5 heterocycles. The molecule has 7 rings (SSSR count). The summed E-state index contributed by atoms with van der Waals surface area (Å²) in [5, 5.41) is 18.7. The molecule has 0 radical (unpaired) electrons. The van der Waals surface area contributed by atoms with Crippen molar-refractivity contribution in [2.24, 2.45) is 0 Å². The van der Waals surface area contributed by atoms with Crippen LogP contribution in [0.25, 0.3) is 22.5 Å². The van der Waals surface area contributed by atoms with Crippen LogP contribution < -0.4 is 4.90 Å². The standard InChI is InChI=1S/C29H29N3O4S2/c1-16-4-2-3-5-22(16)26-23(27(36-31-26)17-6-7-17)13-35-21-11-19-8-9-20(12-21)32(19)29-30-24(15-38-29)18-10-25(28(33)34)37-14-18/h2-5,10,14-15,17,19-21H,6-9,11-13H2,1H3,(H,33,34)/t19-,20+,21+. The number of aromatic nitrogens is 2. The first-order chi connectivity index (χ1) is 18.5. The Kier molecular flexibility index (Phi) is 6.10. The highest BCUT2D eigenvalue weighted by Gasteiger charge is 2.43. The fraction of sp³-hybridized carbons (Fsp3) is 0.414. The predicted molar refractivity (Wildman–Crippen MR) is 148 cm³/mol. The van der Waals surface area contributed by atoms with E-state index in [-0.39, 0.29) is 6.10 Å². The van der Waals surface area contributed by atoms with Gasteiger partial charge in [-0.05, 0) is 57.1 Å². The highest BCUT2D eigenvalue weighted by atomic mass is 32.1. The normalized spacial score (nSPS) is 22.8. The summed E-state index contributed by atoms with van der Waals surface area (Å²) < 4.78 is 12.5. The second kappa shape index (κ2) is 9.63. The topological polar surface area (TPSA) is 88.7 Å². The molecule has 4 aromatic rings. The second-order valence-electron chi connectivity index (χ2n) is 10.7. The fourth-order valence-electron chi connectivity index (χ4n) is 6.05. The number of carboxylic acids is 1. The average Bonchev–Trinajstić information content (AvgIpc) is 3.26. The van der Waals surface area contributed by atoms with Crippen LogP contribution in [0.15, 0.2) is 45.6 Å². The van der Waals surface area contributed by atoms with Crippen LogP contribution in [0, 0.1) is 6.92 Å². The number of benzene rings is 1. The van der Waals surface area contributed by atoms with Gasteiger partial charge >= 0.3 is 5.97 Å². The average molecular weight is 548 g/mol. The van der Waals surface area contributed by atoms with Crippen LogP contribution in [-0.2, 0) is 11.3 Å². The molecular weight excluding hydrogens is 518 g/mol. The summed E-state index contributed by atoms with van der Waals surface area (Å²) in [6.07, 6.45) is 6.79. The Labute approximate surface area is 229 Å². The minimum atomic E-state index is -0.890. The van der Waals surface area contributed by atoms with Gasteiger partial charge in [-0.3, -0.25) is 0 Å². The van der Waals surface area contributed by atoms with Gasteiger partial charge in [-0.25, -0.2) is 9.78 Å². The molecule has 2 aliphatic heterocycles. The lowest BCUT2D eigenvalue weighted by Gasteiger charge is -2.38. The number of ether oxygens (including phenoxy) is 1. The number of thiophene rings is 1. The molecule has 1 N–H and O–H groups in total. The molecule has 1 saturated carbocycles. The van der Waals surface area contributed by atoms with E-state index in [0.29, 0.717) is 29.5 Å². The van der Waals surface area contributed by atoms with Gasteiger partial charge in [0.2, 0.25) is 0 Å². The molecule has 38 heavy (non-hydrogen) atoms. The number of aromatic carboxylic acids is 1. The number of fused-ring (bicyclic) bond motifs is 2. The zero-order valence-electron chi connectivity index (χ0n) is 21.1. The zero-order chi connectivity index (χ0) is 25.8. The molecule has 0 spiro atoms. The first-order valence-corrected chi connectivity index (χ1v) is 15.0. The summed E-state index contributed by atoms with van der Waals surface area (Å²) in [6.45, 7) is 2.65. The van der Waals surface area contributed by atoms with Crippen molar-refractivity contribution in [1.29, 1.82) is 0 Å². The molecule has 2 bridgehead atoms. The number of carboxylic acid groups (broad SMARTS) is 1. The number of hydrogen-bond donors (Lipinski definition) is 1. The first-order valence-electron chi connectivity index (χ1n) is 13.3. The van der Waals surface area contributed by atoms with Crippen LogP contribution in [-0.4, -0.2) is 39.4 Å². The Balaban J connectivity index is 1.06. The van der Waals surface area contributed by atoms with E-state index >= 15 is 0 Å². The maximum atomic E-state index is 11.3. The molecule has 2 saturated heterocycles. The lowest BCUT2D eigenvalue weighted by atomic mass is 9.99. The third-order valence-electron chi connectivity index (χ3n) is 8.14. The van der Waals surface area contributed by atoms with Gasteiger partial charge < -0.3 is 19.3 Å². The number of anilines is 1. The molecule has 3 aliphatic rings. The van der Waals surface area contributed by atoms with Gasteiger partial charge in [0.05, 0.1) is 18.4 Å². The monoisotopic (exact) mass is 547 g/mol. The van der Waals surface area contributed by atoms with Gasteiger partial charge in [0.15, 0.2) is 5.13 Å². The maximum Gasteiger partial charge on any atom is 0.345 e. The van der Waals surface area contributed by atoms with E-state index in [1.165, 1.54) is 16.9 Å².